The number of aliphatic hydroxyl groups is 1. The maximum absolute atomic E-state index is 12.7. The van der Waals surface area contributed by atoms with E-state index < -0.39 is 11.8 Å². The van der Waals surface area contributed by atoms with E-state index in [9.17, 15) is 18.3 Å². The highest BCUT2D eigenvalue weighted by atomic mass is 79.9. The quantitative estimate of drug-likeness (QED) is 0.854. The van der Waals surface area contributed by atoms with Crippen molar-refractivity contribution in [2.75, 3.05) is 18.0 Å². The van der Waals surface area contributed by atoms with Gasteiger partial charge in [-0.3, -0.25) is 0 Å². The van der Waals surface area contributed by atoms with Gasteiger partial charge in [0, 0.05) is 30.4 Å². The number of halogens is 4. The number of hydrogen-bond donors (Lipinski definition) is 1. The number of aryl methyl sites for hydroxylation is 1. The van der Waals surface area contributed by atoms with Gasteiger partial charge in [0.25, 0.3) is 0 Å². The Balaban J connectivity index is 2.10. The second kappa shape index (κ2) is 4.94. The molecule has 1 N–H and O–H groups in total. The highest BCUT2D eigenvalue weighted by molar-refractivity contribution is 9.10. The first kappa shape index (κ1) is 14.6. The Labute approximate surface area is 117 Å². The van der Waals surface area contributed by atoms with Gasteiger partial charge in [-0.25, -0.2) is 4.98 Å². The van der Waals surface area contributed by atoms with Crippen molar-refractivity contribution in [1.82, 2.24) is 4.98 Å². The average Bonchev–Trinajstić information content (AvgIpc) is 2.32. The topological polar surface area (TPSA) is 36.4 Å². The average molecular weight is 339 g/mol. The van der Waals surface area contributed by atoms with E-state index in [4.69, 9.17) is 0 Å². The van der Waals surface area contributed by atoms with E-state index in [1.165, 1.54) is 0 Å². The number of aromatic nitrogens is 1. The van der Waals surface area contributed by atoms with Gasteiger partial charge in [-0.05, 0) is 35.0 Å². The largest absolute Gasteiger partial charge is 0.417 e. The maximum atomic E-state index is 12.7. The number of pyridine rings is 1. The predicted octanol–water partition coefficient (Wildman–Crippen LogP) is 3.05. The number of nitrogens with zero attached hydrogens (tertiary/aromatic N) is 2. The molecule has 2 heterocycles. The molecule has 0 unspecified atom stereocenters. The summed E-state index contributed by atoms with van der Waals surface area (Å²) in [7, 11) is 0. The molecule has 1 aromatic rings. The number of piperidine rings is 1. The summed E-state index contributed by atoms with van der Waals surface area (Å²) >= 11 is 3.33. The second-order valence-electron chi connectivity index (χ2n) is 4.75. The summed E-state index contributed by atoms with van der Waals surface area (Å²) in [6.07, 6.45) is -5.22. The first-order chi connectivity index (χ1) is 8.73. The lowest BCUT2D eigenvalue weighted by Crippen LogP contribution is -2.53. The highest BCUT2D eigenvalue weighted by Gasteiger charge is 2.54. The van der Waals surface area contributed by atoms with E-state index in [2.05, 4.69) is 20.9 Å². The first-order valence-corrected chi connectivity index (χ1v) is 6.69. The van der Waals surface area contributed by atoms with Gasteiger partial charge in [0.1, 0.15) is 5.82 Å². The van der Waals surface area contributed by atoms with Crippen LogP contribution in [-0.2, 0) is 0 Å². The standard InChI is InChI=1S/C12H14BrF3N2O/c1-8-9(13)2-3-10(17-8)18-6-4-11(19,5-7-18)12(14,15)16/h2-3,19H,4-7H2,1H3. The van der Waals surface area contributed by atoms with E-state index in [0.29, 0.717) is 5.82 Å². The van der Waals surface area contributed by atoms with E-state index >= 15 is 0 Å². The third kappa shape index (κ3) is 2.86. The zero-order valence-electron chi connectivity index (χ0n) is 10.3. The summed E-state index contributed by atoms with van der Waals surface area (Å²) in [6, 6.07) is 3.58. The van der Waals surface area contributed by atoms with Crippen molar-refractivity contribution in [3.05, 3.63) is 22.3 Å². The minimum Gasteiger partial charge on any atom is -0.380 e. The van der Waals surface area contributed by atoms with Crippen LogP contribution < -0.4 is 4.90 Å². The van der Waals surface area contributed by atoms with Gasteiger partial charge in [-0.15, -0.1) is 0 Å². The van der Waals surface area contributed by atoms with Crippen molar-refractivity contribution in [2.24, 2.45) is 0 Å². The Morgan fingerprint density at radius 3 is 2.37 bits per heavy atom. The van der Waals surface area contributed by atoms with Crippen LogP contribution in [0.1, 0.15) is 18.5 Å². The van der Waals surface area contributed by atoms with Crippen molar-refractivity contribution in [3.8, 4) is 0 Å². The smallest absolute Gasteiger partial charge is 0.380 e. The molecule has 0 atom stereocenters. The second-order valence-corrected chi connectivity index (χ2v) is 5.61. The molecule has 1 saturated heterocycles. The van der Waals surface area contributed by atoms with E-state index in [1.54, 1.807) is 11.0 Å². The number of hydrogen-bond acceptors (Lipinski definition) is 3. The third-order valence-electron chi connectivity index (χ3n) is 3.45. The molecule has 1 aliphatic rings. The molecular formula is C12H14BrF3N2O. The van der Waals surface area contributed by atoms with Crippen molar-refractivity contribution >= 4 is 21.7 Å². The number of rotatable bonds is 1. The fraction of sp³-hybridized carbons (Fsp3) is 0.583. The Kier molecular flexibility index (Phi) is 3.79. The lowest BCUT2D eigenvalue weighted by atomic mass is 9.91. The molecule has 0 aliphatic carbocycles. The molecular weight excluding hydrogens is 325 g/mol. The molecule has 19 heavy (non-hydrogen) atoms. The van der Waals surface area contributed by atoms with Crippen molar-refractivity contribution in [1.29, 1.82) is 0 Å². The van der Waals surface area contributed by atoms with Crippen molar-refractivity contribution < 1.29 is 18.3 Å². The molecule has 7 heteroatoms. The van der Waals surface area contributed by atoms with Crippen molar-refractivity contribution in [2.45, 2.75) is 31.5 Å². The Morgan fingerprint density at radius 1 is 1.32 bits per heavy atom. The lowest BCUT2D eigenvalue weighted by molar-refractivity contribution is -0.266. The zero-order valence-corrected chi connectivity index (χ0v) is 11.9. The highest BCUT2D eigenvalue weighted by Crippen LogP contribution is 2.39. The normalized spacial score (nSPS) is 19.6. The molecule has 1 fully saturated rings. The van der Waals surface area contributed by atoms with Gasteiger partial charge >= 0.3 is 6.18 Å². The van der Waals surface area contributed by atoms with Crippen LogP contribution in [0.5, 0.6) is 0 Å². The fourth-order valence-electron chi connectivity index (χ4n) is 2.10. The maximum Gasteiger partial charge on any atom is 0.417 e. The number of anilines is 1. The fourth-order valence-corrected chi connectivity index (χ4v) is 2.32. The first-order valence-electron chi connectivity index (χ1n) is 5.90. The molecule has 0 saturated carbocycles. The monoisotopic (exact) mass is 338 g/mol. The molecule has 2 rings (SSSR count). The van der Waals surface area contributed by atoms with E-state index in [1.807, 2.05) is 13.0 Å². The molecule has 0 bridgehead atoms. The summed E-state index contributed by atoms with van der Waals surface area (Å²) in [5.41, 5.74) is -1.78. The van der Waals surface area contributed by atoms with E-state index in [-0.39, 0.29) is 25.9 Å². The van der Waals surface area contributed by atoms with Gasteiger partial charge in [0.05, 0.1) is 5.69 Å². The molecule has 0 aromatic carbocycles. The summed E-state index contributed by atoms with van der Waals surface area (Å²) in [5.74, 6) is 0.643. The Hall–Kier alpha value is -0.820. The van der Waals surface area contributed by atoms with Crippen LogP contribution in [0.4, 0.5) is 19.0 Å². The number of alkyl halides is 3. The summed E-state index contributed by atoms with van der Waals surface area (Å²) < 4.78 is 38.9. The molecule has 0 radical (unpaired) electrons. The molecule has 1 aliphatic heterocycles. The molecule has 3 nitrogen and oxygen atoms in total. The van der Waals surface area contributed by atoms with Gasteiger partial charge in [0.2, 0.25) is 0 Å². The third-order valence-corrected chi connectivity index (χ3v) is 4.29. The van der Waals surface area contributed by atoms with Gasteiger partial charge in [-0.1, -0.05) is 0 Å². The summed E-state index contributed by atoms with van der Waals surface area (Å²) in [5, 5.41) is 9.59. The molecule has 0 spiro atoms. The van der Waals surface area contributed by atoms with Crippen LogP contribution in [0.15, 0.2) is 16.6 Å². The van der Waals surface area contributed by atoms with Gasteiger partial charge in [-0.2, -0.15) is 13.2 Å². The lowest BCUT2D eigenvalue weighted by Gasteiger charge is -2.39. The van der Waals surface area contributed by atoms with Gasteiger partial charge in [0.15, 0.2) is 5.60 Å². The Bertz CT molecular complexity index is 471. The minimum absolute atomic E-state index is 0.143. The van der Waals surface area contributed by atoms with Crippen LogP contribution in [0.25, 0.3) is 0 Å². The minimum atomic E-state index is -4.57. The zero-order chi connectivity index (χ0) is 14.3. The van der Waals surface area contributed by atoms with E-state index in [0.717, 1.165) is 10.2 Å². The van der Waals surface area contributed by atoms with Crippen LogP contribution in [0.3, 0.4) is 0 Å². The summed E-state index contributed by atoms with van der Waals surface area (Å²) in [4.78, 5) is 6.09. The molecule has 0 amide bonds. The van der Waals surface area contributed by atoms with Crippen LogP contribution in [-0.4, -0.2) is 35.0 Å². The SMILES string of the molecule is Cc1nc(N2CCC(O)(C(F)(F)F)CC2)ccc1Br. The predicted molar refractivity (Wildman–Crippen MR) is 69.1 cm³/mol. The van der Waals surface area contributed by atoms with Gasteiger partial charge < -0.3 is 10.0 Å². The van der Waals surface area contributed by atoms with Crippen LogP contribution >= 0.6 is 15.9 Å². The molecule has 106 valence electrons. The molecule has 1 aromatic heterocycles. The van der Waals surface area contributed by atoms with Crippen LogP contribution in [0, 0.1) is 6.92 Å². The summed E-state index contributed by atoms with van der Waals surface area (Å²) in [6.45, 7) is 2.11. The van der Waals surface area contributed by atoms with Crippen LogP contribution in [0.2, 0.25) is 0 Å². The Morgan fingerprint density at radius 2 is 1.89 bits per heavy atom. The van der Waals surface area contributed by atoms with Crippen molar-refractivity contribution in [3.63, 3.8) is 0 Å².